The molecule has 0 bridgehead atoms. The second kappa shape index (κ2) is 4.89. The standard InChI is InChI=1S/C14H10Cl2N2O2/c15-9-1-3-11(16)8(5-9)7-18-12-6-10(17)2-4-13(12)20-14(18)19/h1-6H,7,17H2. The topological polar surface area (TPSA) is 61.2 Å². The van der Waals surface area contributed by atoms with Gasteiger partial charge < -0.3 is 10.2 Å². The van der Waals surface area contributed by atoms with E-state index in [4.69, 9.17) is 33.4 Å². The molecule has 0 saturated carbocycles. The summed E-state index contributed by atoms with van der Waals surface area (Å²) in [6.07, 6.45) is 0. The Bertz CT molecular complexity index is 852. The molecule has 0 spiro atoms. The fourth-order valence-electron chi connectivity index (χ4n) is 2.06. The van der Waals surface area contributed by atoms with E-state index in [1.165, 1.54) is 4.57 Å². The number of nitrogens with zero attached hydrogens (tertiary/aromatic N) is 1. The smallest absolute Gasteiger partial charge is 0.408 e. The Balaban J connectivity index is 2.15. The minimum Gasteiger partial charge on any atom is -0.408 e. The molecular weight excluding hydrogens is 299 g/mol. The highest BCUT2D eigenvalue weighted by Gasteiger charge is 2.11. The van der Waals surface area contributed by atoms with Crippen LogP contribution in [0.2, 0.25) is 10.0 Å². The third-order valence-corrected chi connectivity index (χ3v) is 3.63. The second-order valence-electron chi connectivity index (χ2n) is 4.42. The monoisotopic (exact) mass is 308 g/mol. The molecule has 20 heavy (non-hydrogen) atoms. The van der Waals surface area contributed by atoms with Crippen molar-refractivity contribution >= 4 is 40.0 Å². The molecule has 4 nitrogen and oxygen atoms in total. The number of nitrogens with two attached hydrogens (primary N) is 1. The van der Waals surface area contributed by atoms with E-state index in [0.717, 1.165) is 5.56 Å². The fraction of sp³-hybridized carbons (Fsp3) is 0.0714. The van der Waals surface area contributed by atoms with Gasteiger partial charge in [0.15, 0.2) is 5.58 Å². The predicted molar refractivity (Wildman–Crippen MR) is 80.5 cm³/mol. The summed E-state index contributed by atoms with van der Waals surface area (Å²) in [4.78, 5) is 11.9. The van der Waals surface area contributed by atoms with Gasteiger partial charge in [0.2, 0.25) is 0 Å². The lowest BCUT2D eigenvalue weighted by Crippen LogP contribution is -2.15. The number of oxazole rings is 1. The summed E-state index contributed by atoms with van der Waals surface area (Å²) in [5.74, 6) is -0.457. The molecule has 3 rings (SSSR count). The number of nitrogen functional groups attached to an aromatic ring is 1. The highest BCUT2D eigenvalue weighted by Crippen LogP contribution is 2.23. The van der Waals surface area contributed by atoms with Gasteiger partial charge in [0.1, 0.15) is 0 Å². The number of hydrogen-bond donors (Lipinski definition) is 1. The molecule has 6 heteroatoms. The van der Waals surface area contributed by atoms with Gasteiger partial charge in [0.25, 0.3) is 0 Å². The summed E-state index contributed by atoms with van der Waals surface area (Å²) in [6.45, 7) is 0.272. The van der Waals surface area contributed by atoms with Crippen LogP contribution in [0.1, 0.15) is 5.56 Å². The zero-order valence-electron chi connectivity index (χ0n) is 10.3. The number of hydrogen-bond acceptors (Lipinski definition) is 3. The van der Waals surface area contributed by atoms with Crippen LogP contribution in [0, 0.1) is 0 Å². The minimum absolute atomic E-state index is 0.272. The number of benzene rings is 2. The summed E-state index contributed by atoms with van der Waals surface area (Å²) >= 11 is 12.1. The Morgan fingerprint density at radius 3 is 2.75 bits per heavy atom. The van der Waals surface area contributed by atoms with Crippen LogP contribution in [-0.4, -0.2) is 4.57 Å². The molecule has 102 valence electrons. The first-order chi connectivity index (χ1) is 9.54. The van der Waals surface area contributed by atoms with Gasteiger partial charge in [0, 0.05) is 15.7 Å². The summed E-state index contributed by atoms with van der Waals surface area (Å²) in [7, 11) is 0. The van der Waals surface area contributed by atoms with Crippen molar-refractivity contribution in [1.82, 2.24) is 4.57 Å². The Labute approximate surface area is 124 Å². The lowest BCUT2D eigenvalue weighted by Gasteiger charge is -2.06. The van der Waals surface area contributed by atoms with Crippen molar-refractivity contribution in [2.45, 2.75) is 6.54 Å². The van der Waals surface area contributed by atoms with E-state index < -0.39 is 5.76 Å². The average molecular weight is 309 g/mol. The van der Waals surface area contributed by atoms with E-state index in [2.05, 4.69) is 0 Å². The number of aromatic nitrogens is 1. The molecule has 3 aromatic rings. The lowest BCUT2D eigenvalue weighted by atomic mass is 10.2. The molecule has 1 aromatic heterocycles. The van der Waals surface area contributed by atoms with E-state index in [0.29, 0.717) is 26.8 Å². The summed E-state index contributed by atoms with van der Waals surface area (Å²) in [6, 6.07) is 10.2. The maximum atomic E-state index is 11.9. The molecule has 1 heterocycles. The first-order valence-electron chi connectivity index (χ1n) is 5.87. The number of fused-ring (bicyclic) bond motifs is 1. The van der Waals surface area contributed by atoms with Crippen molar-refractivity contribution in [1.29, 1.82) is 0 Å². The van der Waals surface area contributed by atoms with Gasteiger partial charge in [-0.2, -0.15) is 0 Å². The molecule has 2 aromatic carbocycles. The summed E-state index contributed by atoms with van der Waals surface area (Å²) in [5.41, 5.74) is 8.17. The summed E-state index contributed by atoms with van der Waals surface area (Å²) < 4.78 is 6.65. The number of halogens is 2. The van der Waals surface area contributed by atoms with Gasteiger partial charge in [-0.15, -0.1) is 0 Å². The second-order valence-corrected chi connectivity index (χ2v) is 5.26. The average Bonchev–Trinajstić information content (AvgIpc) is 2.70. The molecule has 0 aliphatic heterocycles. The molecule has 0 fully saturated rings. The molecule has 0 radical (unpaired) electrons. The summed E-state index contributed by atoms with van der Waals surface area (Å²) in [5, 5.41) is 1.10. The molecular formula is C14H10Cl2N2O2. The van der Waals surface area contributed by atoms with Crippen molar-refractivity contribution in [2.24, 2.45) is 0 Å². The van der Waals surface area contributed by atoms with E-state index in [9.17, 15) is 4.79 Å². The van der Waals surface area contributed by atoms with Crippen molar-refractivity contribution in [2.75, 3.05) is 5.73 Å². The van der Waals surface area contributed by atoms with Crippen LogP contribution in [0.5, 0.6) is 0 Å². The van der Waals surface area contributed by atoms with Crippen LogP contribution in [0.4, 0.5) is 5.69 Å². The minimum atomic E-state index is -0.457. The van der Waals surface area contributed by atoms with Crippen molar-refractivity contribution < 1.29 is 4.42 Å². The van der Waals surface area contributed by atoms with Crippen molar-refractivity contribution in [3.05, 3.63) is 62.6 Å². The normalized spacial score (nSPS) is 11.1. The van der Waals surface area contributed by atoms with Gasteiger partial charge in [-0.05, 0) is 42.0 Å². The van der Waals surface area contributed by atoms with Crippen LogP contribution in [0.15, 0.2) is 45.6 Å². The third-order valence-electron chi connectivity index (χ3n) is 3.03. The predicted octanol–water partition coefficient (Wildman–Crippen LogP) is 3.53. The van der Waals surface area contributed by atoms with Gasteiger partial charge in [-0.3, -0.25) is 4.57 Å². The molecule has 0 saturated heterocycles. The van der Waals surface area contributed by atoms with Crippen LogP contribution >= 0.6 is 23.2 Å². The Kier molecular flexibility index (Phi) is 3.20. The number of anilines is 1. The van der Waals surface area contributed by atoms with Gasteiger partial charge >= 0.3 is 5.76 Å². The Hall–Kier alpha value is -1.91. The van der Waals surface area contributed by atoms with Crippen molar-refractivity contribution in [3.8, 4) is 0 Å². The first-order valence-corrected chi connectivity index (χ1v) is 6.63. The first kappa shape index (κ1) is 13.1. The Morgan fingerprint density at radius 2 is 1.95 bits per heavy atom. The van der Waals surface area contributed by atoms with Crippen LogP contribution in [-0.2, 0) is 6.54 Å². The quantitative estimate of drug-likeness (QED) is 0.737. The molecule has 0 amide bonds. The highest BCUT2D eigenvalue weighted by molar-refractivity contribution is 6.33. The number of rotatable bonds is 2. The Morgan fingerprint density at radius 1 is 1.15 bits per heavy atom. The molecule has 2 N–H and O–H groups in total. The lowest BCUT2D eigenvalue weighted by molar-refractivity contribution is 0.518. The molecule has 0 aliphatic carbocycles. The van der Waals surface area contributed by atoms with Crippen LogP contribution in [0.25, 0.3) is 11.1 Å². The van der Waals surface area contributed by atoms with Crippen LogP contribution < -0.4 is 11.5 Å². The highest BCUT2D eigenvalue weighted by atomic mass is 35.5. The maximum Gasteiger partial charge on any atom is 0.420 e. The van der Waals surface area contributed by atoms with Crippen LogP contribution in [0.3, 0.4) is 0 Å². The molecule has 0 unspecified atom stereocenters. The zero-order valence-corrected chi connectivity index (χ0v) is 11.8. The molecule has 0 aliphatic rings. The zero-order chi connectivity index (χ0) is 14.3. The van der Waals surface area contributed by atoms with E-state index in [-0.39, 0.29) is 6.54 Å². The fourth-order valence-corrected chi connectivity index (χ4v) is 2.44. The van der Waals surface area contributed by atoms with Gasteiger partial charge in [-0.1, -0.05) is 23.2 Å². The van der Waals surface area contributed by atoms with E-state index in [1.807, 2.05) is 0 Å². The maximum absolute atomic E-state index is 11.9. The van der Waals surface area contributed by atoms with Gasteiger partial charge in [0.05, 0.1) is 12.1 Å². The van der Waals surface area contributed by atoms with Crippen molar-refractivity contribution in [3.63, 3.8) is 0 Å². The van der Waals surface area contributed by atoms with Gasteiger partial charge in [-0.25, -0.2) is 4.79 Å². The third kappa shape index (κ3) is 2.28. The van der Waals surface area contributed by atoms with E-state index in [1.54, 1.807) is 36.4 Å². The SMILES string of the molecule is Nc1ccc2oc(=O)n(Cc3cc(Cl)ccc3Cl)c2c1. The molecule has 0 atom stereocenters. The largest absolute Gasteiger partial charge is 0.420 e. The van der Waals surface area contributed by atoms with E-state index >= 15 is 0 Å².